The first-order valence-corrected chi connectivity index (χ1v) is 12.6. The fourth-order valence-electron chi connectivity index (χ4n) is 4.47. The number of fused-ring (bicyclic) bond motifs is 1. The van der Waals surface area contributed by atoms with E-state index in [2.05, 4.69) is 16.9 Å². The molecule has 0 amide bonds. The number of rotatable bonds is 16. The van der Waals surface area contributed by atoms with Crippen LogP contribution in [0, 0.1) is 0 Å². The number of carbonyl (C=O) groups is 1. The summed E-state index contributed by atoms with van der Waals surface area (Å²) in [6, 6.07) is -0.182. The van der Waals surface area contributed by atoms with Gasteiger partial charge in [-0.3, -0.25) is 4.99 Å². The van der Waals surface area contributed by atoms with Crippen LogP contribution in [-0.4, -0.2) is 48.5 Å². The molecule has 32 heavy (non-hydrogen) atoms. The Morgan fingerprint density at radius 1 is 1.06 bits per heavy atom. The molecular formula is C24H44N6O2. The van der Waals surface area contributed by atoms with Crippen molar-refractivity contribution in [2.45, 2.75) is 103 Å². The fraction of sp³-hybridized carbons (Fsp3) is 0.792. The van der Waals surface area contributed by atoms with Gasteiger partial charge in [-0.05, 0) is 32.1 Å². The zero-order chi connectivity index (χ0) is 23.2. The summed E-state index contributed by atoms with van der Waals surface area (Å²) in [4.78, 5) is 23.6. The highest BCUT2D eigenvalue weighted by Crippen LogP contribution is 2.33. The Hall–Kier alpha value is -2.25. The van der Waals surface area contributed by atoms with E-state index >= 15 is 0 Å². The maximum absolute atomic E-state index is 13.0. The Balaban J connectivity index is 1.80. The van der Waals surface area contributed by atoms with E-state index in [0.29, 0.717) is 19.1 Å². The van der Waals surface area contributed by atoms with Crippen molar-refractivity contribution >= 4 is 17.9 Å². The summed E-state index contributed by atoms with van der Waals surface area (Å²) in [5, 5.41) is 0. The minimum atomic E-state index is -0.245. The average Bonchev–Trinajstić information content (AvgIpc) is 3.25. The summed E-state index contributed by atoms with van der Waals surface area (Å²) < 4.78 is 5.61. The third-order valence-electron chi connectivity index (χ3n) is 6.21. The average molecular weight is 449 g/mol. The quantitative estimate of drug-likeness (QED) is 0.143. The van der Waals surface area contributed by atoms with Crippen molar-refractivity contribution in [3.8, 4) is 0 Å². The Morgan fingerprint density at radius 3 is 2.44 bits per heavy atom. The summed E-state index contributed by atoms with van der Waals surface area (Å²) in [6.45, 7) is 3.98. The van der Waals surface area contributed by atoms with Gasteiger partial charge in [-0.1, -0.05) is 64.7 Å². The minimum absolute atomic E-state index is 0.0901. The van der Waals surface area contributed by atoms with Gasteiger partial charge in [-0.25, -0.2) is 9.79 Å². The number of hydrogen-bond acceptors (Lipinski definition) is 6. The van der Waals surface area contributed by atoms with Crippen LogP contribution in [0.2, 0.25) is 0 Å². The molecule has 1 saturated heterocycles. The number of nitrogens with two attached hydrogens (primary N) is 3. The van der Waals surface area contributed by atoms with Crippen LogP contribution >= 0.6 is 0 Å². The smallest absolute Gasteiger partial charge is 0.337 e. The van der Waals surface area contributed by atoms with Crippen LogP contribution in [0.1, 0.15) is 96.8 Å². The van der Waals surface area contributed by atoms with Gasteiger partial charge in [-0.15, -0.1) is 0 Å². The predicted molar refractivity (Wildman–Crippen MR) is 131 cm³/mol. The van der Waals surface area contributed by atoms with Crippen LogP contribution < -0.4 is 17.2 Å². The van der Waals surface area contributed by atoms with Crippen LogP contribution in [0.4, 0.5) is 0 Å². The summed E-state index contributed by atoms with van der Waals surface area (Å²) in [6.07, 6.45) is 15.6. The zero-order valence-electron chi connectivity index (χ0n) is 20.0. The van der Waals surface area contributed by atoms with Crippen molar-refractivity contribution in [3.05, 3.63) is 11.3 Å². The molecule has 2 aliphatic heterocycles. The second-order valence-electron chi connectivity index (χ2n) is 8.89. The van der Waals surface area contributed by atoms with E-state index in [4.69, 9.17) is 21.9 Å². The second kappa shape index (κ2) is 14.7. The topological polar surface area (TPSA) is 132 Å². The molecule has 6 N–H and O–H groups in total. The molecule has 2 aliphatic rings. The first-order valence-electron chi connectivity index (χ1n) is 12.6. The molecule has 0 aromatic carbocycles. The van der Waals surface area contributed by atoms with Gasteiger partial charge in [0.2, 0.25) is 0 Å². The van der Waals surface area contributed by atoms with E-state index < -0.39 is 0 Å². The first-order chi connectivity index (χ1) is 15.5. The number of ether oxygens (including phenoxy) is 1. The third kappa shape index (κ3) is 8.71. The molecule has 1 atom stereocenters. The molecule has 2 heterocycles. The molecule has 1 unspecified atom stereocenters. The van der Waals surface area contributed by atoms with Crippen LogP contribution in [0.3, 0.4) is 0 Å². The minimum Gasteiger partial charge on any atom is -0.462 e. The van der Waals surface area contributed by atoms with Crippen molar-refractivity contribution in [3.63, 3.8) is 0 Å². The van der Waals surface area contributed by atoms with Crippen molar-refractivity contribution in [1.29, 1.82) is 0 Å². The van der Waals surface area contributed by atoms with Gasteiger partial charge in [0.15, 0.2) is 11.9 Å². The molecule has 8 nitrogen and oxygen atoms in total. The van der Waals surface area contributed by atoms with E-state index in [1.807, 2.05) is 4.90 Å². The molecule has 0 saturated carbocycles. The number of carbonyl (C=O) groups excluding carboxylic acids is 1. The Labute approximate surface area is 193 Å². The Bertz CT molecular complexity index is 669. The number of guanidine groups is 2. The van der Waals surface area contributed by atoms with Crippen LogP contribution in [0.5, 0.6) is 0 Å². The summed E-state index contributed by atoms with van der Waals surface area (Å²) >= 11 is 0. The normalized spacial score (nSPS) is 17.8. The van der Waals surface area contributed by atoms with Gasteiger partial charge in [0.25, 0.3) is 0 Å². The Morgan fingerprint density at radius 2 is 1.75 bits per heavy atom. The lowest BCUT2D eigenvalue weighted by Gasteiger charge is -2.30. The van der Waals surface area contributed by atoms with E-state index in [1.54, 1.807) is 0 Å². The van der Waals surface area contributed by atoms with E-state index in [1.165, 1.54) is 51.4 Å². The number of nitrogens with zero attached hydrogens (tertiary/aromatic N) is 3. The summed E-state index contributed by atoms with van der Waals surface area (Å²) in [5.74, 6) is 0.394. The van der Waals surface area contributed by atoms with Gasteiger partial charge in [0.05, 0.1) is 18.2 Å². The highest BCUT2D eigenvalue weighted by atomic mass is 16.5. The lowest BCUT2D eigenvalue weighted by Crippen LogP contribution is -2.41. The molecule has 0 bridgehead atoms. The lowest BCUT2D eigenvalue weighted by atomic mass is 9.96. The highest BCUT2D eigenvalue weighted by molar-refractivity contribution is 5.95. The van der Waals surface area contributed by atoms with Gasteiger partial charge in [-0.2, -0.15) is 0 Å². The number of allylic oxidation sites excluding steroid dienone is 1. The van der Waals surface area contributed by atoms with Crippen molar-refractivity contribution in [2.75, 3.05) is 19.7 Å². The van der Waals surface area contributed by atoms with Gasteiger partial charge in [0.1, 0.15) is 0 Å². The maximum atomic E-state index is 13.0. The summed E-state index contributed by atoms with van der Waals surface area (Å²) in [5.41, 5.74) is 18.6. The van der Waals surface area contributed by atoms with Crippen LogP contribution in [-0.2, 0) is 9.53 Å². The number of esters is 1. The molecule has 182 valence electrons. The maximum Gasteiger partial charge on any atom is 0.337 e. The fourth-order valence-corrected chi connectivity index (χ4v) is 4.47. The van der Waals surface area contributed by atoms with Crippen molar-refractivity contribution in [1.82, 2.24) is 4.90 Å². The highest BCUT2D eigenvalue weighted by Gasteiger charge is 2.36. The molecule has 2 rings (SSSR count). The number of unbranched alkanes of at least 4 members (excludes halogenated alkanes) is 9. The molecule has 0 aromatic heterocycles. The number of hydrogen-bond donors (Lipinski definition) is 3. The van der Waals surface area contributed by atoms with E-state index in [-0.39, 0.29) is 18.0 Å². The lowest BCUT2D eigenvalue weighted by molar-refractivity contribution is -0.139. The molecular weight excluding hydrogens is 404 g/mol. The van der Waals surface area contributed by atoms with Gasteiger partial charge >= 0.3 is 5.97 Å². The molecule has 1 fully saturated rings. The van der Waals surface area contributed by atoms with Gasteiger partial charge in [0, 0.05) is 18.8 Å². The molecule has 0 radical (unpaired) electrons. The van der Waals surface area contributed by atoms with Crippen LogP contribution in [0.25, 0.3) is 0 Å². The predicted octanol–water partition coefficient (Wildman–Crippen LogP) is 3.55. The van der Waals surface area contributed by atoms with Crippen molar-refractivity contribution in [2.24, 2.45) is 27.2 Å². The molecule has 8 heteroatoms. The SMILES string of the molecule is CCCCCCCCCCCC1N=C(N)N2CCCC2=C1C(=O)OCCCCN=C(N)N. The van der Waals surface area contributed by atoms with Gasteiger partial charge < -0.3 is 26.8 Å². The first kappa shape index (κ1) is 26.0. The number of aliphatic imine (C=N–C) groups is 2. The largest absolute Gasteiger partial charge is 0.462 e. The Kier molecular flexibility index (Phi) is 12.0. The molecule has 0 aliphatic carbocycles. The van der Waals surface area contributed by atoms with E-state index in [0.717, 1.165) is 56.3 Å². The standard InChI is InChI=1S/C24H44N6O2/c1-2-3-4-5-6-7-8-9-10-14-19-21(20-15-13-17-30(20)24(27)29-19)22(31)32-18-12-11-16-28-23(25)26/h19H,2-18H2,1H3,(H2,27,29)(H4,25,26,28). The monoisotopic (exact) mass is 448 g/mol. The van der Waals surface area contributed by atoms with Crippen LogP contribution in [0.15, 0.2) is 21.3 Å². The summed E-state index contributed by atoms with van der Waals surface area (Å²) in [7, 11) is 0. The molecule has 0 aromatic rings. The second-order valence-corrected chi connectivity index (χ2v) is 8.89. The van der Waals surface area contributed by atoms with E-state index in [9.17, 15) is 4.79 Å². The van der Waals surface area contributed by atoms with Crippen molar-refractivity contribution < 1.29 is 9.53 Å². The molecule has 0 spiro atoms. The third-order valence-corrected chi connectivity index (χ3v) is 6.21. The zero-order valence-corrected chi connectivity index (χ0v) is 20.0.